The van der Waals surface area contributed by atoms with Gasteiger partial charge in [-0.1, -0.05) is 11.6 Å². The Kier molecular flexibility index (Phi) is 6.55. The van der Waals surface area contributed by atoms with Gasteiger partial charge in [-0.3, -0.25) is 9.59 Å². The first-order chi connectivity index (χ1) is 17.0. The van der Waals surface area contributed by atoms with E-state index in [1.807, 2.05) is 53.4 Å². The van der Waals surface area contributed by atoms with Gasteiger partial charge < -0.3 is 19.4 Å². The lowest BCUT2D eigenvalue weighted by atomic mass is 10.1. The average molecular weight is 492 g/mol. The highest BCUT2D eigenvalue weighted by Crippen LogP contribution is 2.28. The molecule has 2 amide bonds. The SMILES string of the molecule is COc1ccc(-c2ccc(N3CCN(C(=O)C4CC(=O)N(c5ccc(Cl)cc5)C4)CC3)nn2)cc1. The van der Waals surface area contributed by atoms with Gasteiger partial charge in [-0.25, -0.2) is 0 Å². The van der Waals surface area contributed by atoms with Crippen LogP contribution in [0.3, 0.4) is 0 Å². The summed E-state index contributed by atoms with van der Waals surface area (Å²) < 4.78 is 5.20. The van der Waals surface area contributed by atoms with Crippen molar-refractivity contribution in [3.05, 3.63) is 65.7 Å². The molecule has 0 N–H and O–H groups in total. The lowest BCUT2D eigenvalue weighted by Crippen LogP contribution is -2.51. The Morgan fingerprint density at radius 2 is 1.66 bits per heavy atom. The molecule has 35 heavy (non-hydrogen) atoms. The fourth-order valence-electron chi connectivity index (χ4n) is 4.57. The number of hydrogen-bond donors (Lipinski definition) is 0. The number of halogens is 1. The van der Waals surface area contributed by atoms with Crippen LogP contribution in [0.4, 0.5) is 11.5 Å². The summed E-state index contributed by atoms with van der Waals surface area (Å²) in [7, 11) is 1.64. The minimum absolute atomic E-state index is 0.0310. The van der Waals surface area contributed by atoms with Crippen LogP contribution in [0, 0.1) is 5.92 Å². The number of ether oxygens (including phenoxy) is 1. The predicted octanol–water partition coefficient (Wildman–Crippen LogP) is 3.51. The van der Waals surface area contributed by atoms with Gasteiger partial charge in [0.05, 0.1) is 18.7 Å². The molecule has 2 saturated heterocycles. The Hall–Kier alpha value is -3.65. The molecule has 2 aromatic carbocycles. The second-order valence-electron chi connectivity index (χ2n) is 8.70. The number of piperazine rings is 1. The number of amides is 2. The molecule has 8 nitrogen and oxygen atoms in total. The normalized spacial score (nSPS) is 18.2. The van der Waals surface area contributed by atoms with Gasteiger partial charge in [0.25, 0.3) is 0 Å². The second kappa shape index (κ2) is 9.92. The van der Waals surface area contributed by atoms with Crippen LogP contribution in [0.5, 0.6) is 5.75 Å². The molecule has 3 aromatic rings. The zero-order valence-electron chi connectivity index (χ0n) is 19.4. The first-order valence-corrected chi connectivity index (χ1v) is 12.0. The van der Waals surface area contributed by atoms with Crippen LogP contribution in [-0.4, -0.2) is 66.7 Å². The molecule has 2 fully saturated rings. The molecule has 9 heteroatoms. The number of benzene rings is 2. The monoisotopic (exact) mass is 491 g/mol. The maximum atomic E-state index is 13.1. The molecule has 2 aliphatic rings. The van der Waals surface area contributed by atoms with Gasteiger partial charge >= 0.3 is 0 Å². The van der Waals surface area contributed by atoms with Gasteiger partial charge in [0.1, 0.15) is 5.75 Å². The summed E-state index contributed by atoms with van der Waals surface area (Å²) in [5, 5.41) is 9.41. The van der Waals surface area contributed by atoms with E-state index < -0.39 is 0 Å². The van der Waals surface area contributed by atoms with E-state index in [2.05, 4.69) is 15.1 Å². The first-order valence-electron chi connectivity index (χ1n) is 11.6. The van der Waals surface area contributed by atoms with Crippen LogP contribution in [0.15, 0.2) is 60.7 Å². The van der Waals surface area contributed by atoms with Gasteiger partial charge in [0.2, 0.25) is 11.8 Å². The number of rotatable bonds is 5. The van der Waals surface area contributed by atoms with Crippen LogP contribution in [-0.2, 0) is 9.59 Å². The molecular formula is C26H26ClN5O3. The van der Waals surface area contributed by atoms with E-state index in [0.29, 0.717) is 37.7 Å². The van der Waals surface area contributed by atoms with Crippen LogP contribution in [0.1, 0.15) is 6.42 Å². The van der Waals surface area contributed by atoms with Crippen molar-refractivity contribution in [3.8, 4) is 17.0 Å². The quantitative estimate of drug-likeness (QED) is 0.543. The van der Waals surface area contributed by atoms with E-state index in [0.717, 1.165) is 28.5 Å². The molecule has 180 valence electrons. The minimum Gasteiger partial charge on any atom is -0.497 e. The molecule has 0 radical (unpaired) electrons. The molecule has 2 aliphatic heterocycles. The second-order valence-corrected chi connectivity index (χ2v) is 9.14. The Labute approximate surface area is 209 Å². The lowest BCUT2D eigenvalue weighted by molar-refractivity contribution is -0.136. The van der Waals surface area contributed by atoms with Crippen LogP contribution < -0.4 is 14.5 Å². The van der Waals surface area contributed by atoms with Crippen molar-refractivity contribution in [2.45, 2.75) is 6.42 Å². The summed E-state index contributed by atoms with van der Waals surface area (Å²) in [6.45, 7) is 2.92. The molecule has 1 atom stereocenters. The van der Waals surface area contributed by atoms with E-state index in [1.54, 1.807) is 24.1 Å². The maximum Gasteiger partial charge on any atom is 0.228 e. The third kappa shape index (κ3) is 4.93. The Morgan fingerprint density at radius 1 is 0.943 bits per heavy atom. The molecule has 0 spiro atoms. The number of aromatic nitrogens is 2. The first kappa shape index (κ1) is 23.1. The number of carbonyl (C=O) groups excluding carboxylic acids is 2. The molecule has 3 heterocycles. The van der Waals surface area contributed by atoms with Crippen molar-refractivity contribution >= 4 is 34.9 Å². The number of carbonyl (C=O) groups is 2. The van der Waals surface area contributed by atoms with Crippen molar-refractivity contribution in [2.75, 3.05) is 49.6 Å². The summed E-state index contributed by atoms with van der Waals surface area (Å²) >= 11 is 5.96. The number of hydrogen-bond acceptors (Lipinski definition) is 6. The van der Waals surface area contributed by atoms with E-state index in [1.165, 1.54) is 0 Å². The third-order valence-electron chi connectivity index (χ3n) is 6.56. The molecule has 0 saturated carbocycles. The zero-order chi connectivity index (χ0) is 24.4. The van der Waals surface area contributed by atoms with Crippen molar-refractivity contribution in [3.63, 3.8) is 0 Å². The van der Waals surface area contributed by atoms with Crippen LogP contribution >= 0.6 is 11.6 Å². The van der Waals surface area contributed by atoms with Crippen molar-refractivity contribution in [1.82, 2.24) is 15.1 Å². The Morgan fingerprint density at radius 3 is 2.29 bits per heavy atom. The fourth-order valence-corrected chi connectivity index (χ4v) is 4.69. The van der Waals surface area contributed by atoms with Crippen LogP contribution in [0.2, 0.25) is 5.02 Å². The summed E-state index contributed by atoms with van der Waals surface area (Å²) in [5.41, 5.74) is 2.54. The fraction of sp³-hybridized carbons (Fsp3) is 0.308. The highest BCUT2D eigenvalue weighted by atomic mass is 35.5. The van der Waals surface area contributed by atoms with Gasteiger partial charge in [-0.05, 0) is 60.7 Å². The summed E-state index contributed by atoms with van der Waals surface area (Å²) in [5.74, 6) is 1.27. The summed E-state index contributed by atoms with van der Waals surface area (Å²) in [6, 6.07) is 18.8. The smallest absolute Gasteiger partial charge is 0.228 e. The molecule has 5 rings (SSSR count). The zero-order valence-corrected chi connectivity index (χ0v) is 20.2. The topological polar surface area (TPSA) is 78.9 Å². The van der Waals surface area contributed by atoms with Gasteiger partial charge in [-0.2, -0.15) is 0 Å². The van der Waals surface area contributed by atoms with Gasteiger partial charge in [0, 0.05) is 55.4 Å². The van der Waals surface area contributed by atoms with Crippen molar-refractivity contribution in [2.24, 2.45) is 5.92 Å². The molecular weight excluding hydrogens is 466 g/mol. The van der Waals surface area contributed by atoms with Gasteiger partial charge in [0.15, 0.2) is 5.82 Å². The number of methoxy groups -OCH3 is 1. The molecule has 1 aromatic heterocycles. The standard InChI is InChI=1S/C26H26ClN5O3/c1-35-22-8-2-18(3-9-22)23-10-11-24(29-28-23)30-12-14-31(15-13-30)26(34)19-16-25(33)32(17-19)21-6-4-20(27)5-7-21/h2-11,19H,12-17H2,1H3. The van der Waals surface area contributed by atoms with E-state index in [9.17, 15) is 9.59 Å². The Balaban J connectivity index is 1.17. The van der Waals surface area contributed by atoms with E-state index in [-0.39, 0.29) is 24.2 Å². The largest absolute Gasteiger partial charge is 0.497 e. The van der Waals surface area contributed by atoms with Crippen molar-refractivity contribution < 1.29 is 14.3 Å². The lowest BCUT2D eigenvalue weighted by Gasteiger charge is -2.36. The predicted molar refractivity (Wildman–Crippen MR) is 135 cm³/mol. The summed E-state index contributed by atoms with van der Waals surface area (Å²) in [4.78, 5) is 31.4. The van der Waals surface area contributed by atoms with E-state index >= 15 is 0 Å². The van der Waals surface area contributed by atoms with Crippen LogP contribution in [0.25, 0.3) is 11.3 Å². The molecule has 0 aliphatic carbocycles. The highest BCUT2D eigenvalue weighted by molar-refractivity contribution is 6.30. The molecule has 0 bridgehead atoms. The van der Waals surface area contributed by atoms with Crippen molar-refractivity contribution in [1.29, 1.82) is 0 Å². The average Bonchev–Trinajstić information content (AvgIpc) is 3.30. The molecule has 1 unspecified atom stereocenters. The highest BCUT2D eigenvalue weighted by Gasteiger charge is 2.38. The number of anilines is 2. The van der Waals surface area contributed by atoms with E-state index in [4.69, 9.17) is 16.3 Å². The number of nitrogens with zero attached hydrogens (tertiary/aromatic N) is 5. The third-order valence-corrected chi connectivity index (χ3v) is 6.82. The summed E-state index contributed by atoms with van der Waals surface area (Å²) in [6.07, 6.45) is 0.236. The van der Waals surface area contributed by atoms with Gasteiger partial charge in [-0.15, -0.1) is 10.2 Å². The Bertz CT molecular complexity index is 1190. The minimum atomic E-state index is -0.326. The maximum absolute atomic E-state index is 13.1.